The van der Waals surface area contributed by atoms with Crippen LogP contribution in [0.2, 0.25) is 0 Å². The third-order valence-corrected chi connectivity index (χ3v) is 2.01. The van der Waals surface area contributed by atoms with Gasteiger partial charge in [0.2, 0.25) is 11.8 Å². The SMILES string of the molecule is CCNC(=O)[C@H](C)NC(=O)[C@@H](C)NCC. The lowest BCUT2D eigenvalue weighted by atomic mass is 10.2. The molecule has 0 saturated heterocycles. The minimum atomic E-state index is -0.487. The van der Waals surface area contributed by atoms with Crippen LogP contribution < -0.4 is 16.0 Å². The van der Waals surface area contributed by atoms with Gasteiger partial charge < -0.3 is 16.0 Å². The maximum Gasteiger partial charge on any atom is 0.242 e. The van der Waals surface area contributed by atoms with E-state index in [0.717, 1.165) is 6.54 Å². The number of hydrogen-bond acceptors (Lipinski definition) is 3. The number of hydrogen-bond donors (Lipinski definition) is 3. The zero-order chi connectivity index (χ0) is 11.8. The normalized spacial score (nSPS) is 14.1. The Hall–Kier alpha value is -1.10. The molecule has 5 nitrogen and oxygen atoms in total. The first kappa shape index (κ1) is 13.9. The summed E-state index contributed by atoms with van der Waals surface area (Å²) in [5, 5.41) is 8.26. The van der Waals surface area contributed by atoms with Crippen LogP contribution in [-0.2, 0) is 9.59 Å². The average Bonchev–Trinajstić information content (AvgIpc) is 2.18. The van der Waals surface area contributed by atoms with Crippen molar-refractivity contribution in [1.29, 1.82) is 0 Å². The van der Waals surface area contributed by atoms with Crippen molar-refractivity contribution >= 4 is 11.8 Å². The molecular weight excluding hydrogens is 194 g/mol. The van der Waals surface area contributed by atoms with E-state index in [1.54, 1.807) is 13.8 Å². The van der Waals surface area contributed by atoms with Crippen LogP contribution in [0, 0.1) is 0 Å². The van der Waals surface area contributed by atoms with Gasteiger partial charge in [0.05, 0.1) is 6.04 Å². The second-order valence-electron chi connectivity index (χ2n) is 3.40. The molecule has 0 aliphatic carbocycles. The zero-order valence-corrected chi connectivity index (χ0v) is 9.89. The van der Waals surface area contributed by atoms with E-state index in [-0.39, 0.29) is 17.9 Å². The molecule has 0 aliphatic heterocycles. The van der Waals surface area contributed by atoms with Crippen LogP contribution in [-0.4, -0.2) is 37.0 Å². The van der Waals surface area contributed by atoms with Crippen molar-refractivity contribution in [2.24, 2.45) is 0 Å². The molecule has 5 heteroatoms. The second kappa shape index (κ2) is 7.23. The first-order valence-electron chi connectivity index (χ1n) is 5.34. The van der Waals surface area contributed by atoms with Crippen LogP contribution >= 0.6 is 0 Å². The first-order valence-corrected chi connectivity index (χ1v) is 5.34. The Kier molecular flexibility index (Phi) is 6.70. The maximum atomic E-state index is 11.5. The second-order valence-corrected chi connectivity index (χ2v) is 3.40. The lowest BCUT2D eigenvalue weighted by Crippen LogP contribution is -2.50. The van der Waals surface area contributed by atoms with E-state index in [2.05, 4.69) is 16.0 Å². The Morgan fingerprint density at radius 2 is 1.60 bits per heavy atom. The van der Waals surface area contributed by atoms with E-state index < -0.39 is 6.04 Å². The highest BCUT2D eigenvalue weighted by Crippen LogP contribution is 1.86. The standard InChI is InChI=1S/C10H21N3O2/c1-5-11-7(3)10(15)13-8(4)9(14)12-6-2/h7-8,11H,5-6H2,1-4H3,(H,12,14)(H,13,15)/t7-,8+/m1/s1. The third kappa shape index (κ3) is 5.37. The summed E-state index contributed by atoms with van der Waals surface area (Å²) >= 11 is 0. The van der Waals surface area contributed by atoms with E-state index >= 15 is 0 Å². The number of likely N-dealkylation sites (N-methyl/N-ethyl adjacent to an activating group) is 2. The average molecular weight is 215 g/mol. The van der Waals surface area contributed by atoms with Gasteiger partial charge in [-0.25, -0.2) is 0 Å². The maximum absolute atomic E-state index is 11.5. The number of carbonyl (C=O) groups excluding carboxylic acids is 2. The van der Waals surface area contributed by atoms with Gasteiger partial charge in [0.1, 0.15) is 6.04 Å². The molecule has 3 N–H and O–H groups in total. The lowest BCUT2D eigenvalue weighted by molar-refractivity contribution is -0.129. The fourth-order valence-corrected chi connectivity index (χ4v) is 1.13. The van der Waals surface area contributed by atoms with Gasteiger partial charge in [0.15, 0.2) is 0 Å². The molecule has 0 aromatic rings. The lowest BCUT2D eigenvalue weighted by Gasteiger charge is -2.17. The van der Waals surface area contributed by atoms with Gasteiger partial charge in [0.25, 0.3) is 0 Å². The quantitative estimate of drug-likeness (QED) is 0.566. The summed E-state index contributed by atoms with van der Waals surface area (Å²) in [6, 6.07) is -0.759. The molecule has 0 heterocycles. The molecule has 0 aromatic heterocycles. The molecule has 2 atom stereocenters. The molecule has 0 unspecified atom stereocenters. The van der Waals surface area contributed by atoms with Crippen molar-refractivity contribution in [3.63, 3.8) is 0 Å². The van der Waals surface area contributed by atoms with Crippen molar-refractivity contribution in [3.05, 3.63) is 0 Å². The van der Waals surface area contributed by atoms with Gasteiger partial charge in [-0.05, 0) is 27.3 Å². The van der Waals surface area contributed by atoms with Crippen molar-refractivity contribution in [2.45, 2.75) is 39.8 Å². The van der Waals surface area contributed by atoms with Crippen LogP contribution in [0.25, 0.3) is 0 Å². The van der Waals surface area contributed by atoms with Crippen LogP contribution in [0.15, 0.2) is 0 Å². The molecule has 15 heavy (non-hydrogen) atoms. The predicted octanol–water partition coefficient (Wildman–Crippen LogP) is -0.375. The van der Waals surface area contributed by atoms with Gasteiger partial charge in [-0.2, -0.15) is 0 Å². The molecule has 88 valence electrons. The van der Waals surface area contributed by atoms with E-state index in [4.69, 9.17) is 0 Å². The molecular formula is C10H21N3O2. The van der Waals surface area contributed by atoms with Crippen LogP contribution in [0.5, 0.6) is 0 Å². The molecule has 0 aliphatic rings. The number of amides is 2. The van der Waals surface area contributed by atoms with E-state index in [0.29, 0.717) is 6.54 Å². The Morgan fingerprint density at radius 3 is 2.07 bits per heavy atom. The summed E-state index contributed by atoms with van der Waals surface area (Å²) in [4.78, 5) is 22.8. The van der Waals surface area contributed by atoms with E-state index in [1.165, 1.54) is 0 Å². The summed E-state index contributed by atoms with van der Waals surface area (Å²) in [7, 11) is 0. The molecule has 0 radical (unpaired) electrons. The summed E-state index contributed by atoms with van der Waals surface area (Å²) in [5.41, 5.74) is 0. The third-order valence-electron chi connectivity index (χ3n) is 2.01. The number of carbonyl (C=O) groups is 2. The van der Waals surface area contributed by atoms with Gasteiger partial charge >= 0.3 is 0 Å². The van der Waals surface area contributed by atoms with E-state index in [1.807, 2.05) is 13.8 Å². The van der Waals surface area contributed by atoms with Gasteiger partial charge in [-0.15, -0.1) is 0 Å². The highest BCUT2D eigenvalue weighted by molar-refractivity contribution is 5.89. The molecule has 0 spiro atoms. The fraction of sp³-hybridized carbons (Fsp3) is 0.800. The summed E-state index contributed by atoms with van der Waals surface area (Å²) in [6.45, 7) is 8.50. The van der Waals surface area contributed by atoms with Crippen molar-refractivity contribution in [2.75, 3.05) is 13.1 Å². The first-order chi connectivity index (χ1) is 7.02. The number of rotatable bonds is 6. The fourth-order valence-electron chi connectivity index (χ4n) is 1.13. The van der Waals surface area contributed by atoms with Gasteiger partial charge in [-0.3, -0.25) is 9.59 Å². The summed E-state index contributed by atoms with van der Waals surface area (Å²) in [5.74, 6) is -0.315. The van der Waals surface area contributed by atoms with Crippen LogP contribution in [0.3, 0.4) is 0 Å². The van der Waals surface area contributed by atoms with Crippen molar-refractivity contribution < 1.29 is 9.59 Å². The molecule has 0 bridgehead atoms. The number of nitrogens with one attached hydrogen (secondary N) is 3. The van der Waals surface area contributed by atoms with Gasteiger partial charge in [-0.1, -0.05) is 6.92 Å². The van der Waals surface area contributed by atoms with Crippen molar-refractivity contribution in [3.8, 4) is 0 Å². The monoisotopic (exact) mass is 215 g/mol. The molecule has 0 aromatic carbocycles. The minimum absolute atomic E-state index is 0.157. The van der Waals surface area contributed by atoms with Crippen LogP contribution in [0.4, 0.5) is 0 Å². The molecule has 0 rings (SSSR count). The largest absolute Gasteiger partial charge is 0.355 e. The molecule has 0 saturated carbocycles. The zero-order valence-electron chi connectivity index (χ0n) is 9.89. The molecule has 0 fully saturated rings. The predicted molar refractivity (Wildman–Crippen MR) is 59.4 cm³/mol. The van der Waals surface area contributed by atoms with Crippen molar-refractivity contribution in [1.82, 2.24) is 16.0 Å². The Morgan fingerprint density at radius 1 is 1.00 bits per heavy atom. The minimum Gasteiger partial charge on any atom is -0.355 e. The highest BCUT2D eigenvalue weighted by Gasteiger charge is 2.17. The van der Waals surface area contributed by atoms with Gasteiger partial charge in [0, 0.05) is 6.54 Å². The summed E-state index contributed by atoms with van der Waals surface area (Å²) in [6.07, 6.45) is 0. The summed E-state index contributed by atoms with van der Waals surface area (Å²) < 4.78 is 0. The smallest absolute Gasteiger partial charge is 0.242 e. The molecule has 2 amide bonds. The highest BCUT2D eigenvalue weighted by atomic mass is 16.2. The Balaban J connectivity index is 4.00. The Bertz CT molecular complexity index is 219. The van der Waals surface area contributed by atoms with Crippen LogP contribution in [0.1, 0.15) is 27.7 Å². The van der Waals surface area contributed by atoms with E-state index in [9.17, 15) is 9.59 Å². The Labute approximate surface area is 91.0 Å². The topological polar surface area (TPSA) is 70.2 Å².